The lowest BCUT2D eigenvalue weighted by molar-refractivity contribution is 0.357. The van der Waals surface area contributed by atoms with Crippen molar-refractivity contribution in [1.82, 2.24) is 14.9 Å². The molecule has 6 rings (SSSR count). The van der Waals surface area contributed by atoms with E-state index in [1.807, 2.05) is 35.8 Å². The topological polar surface area (TPSA) is 56.6 Å². The highest BCUT2D eigenvalue weighted by molar-refractivity contribution is 7.80. The molecule has 0 radical (unpaired) electrons. The van der Waals surface area contributed by atoms with Crippen molar-refractivity contribution in [1.29, 1.82) is 0 Å². The summed E-state index contributed by atoms with van der Waals surface area (Å²) in [6.45, 7) is 10.7. The van der Waals surface area contributed by atoms with Gasteiger partial charge >= 0.3 is 0 Å². The van der Waals surface area contributed by atoms with Crippen LogP contribution in [0.5, 0.6) is 5.75 Å². The fourth-order valence-electron chi connectivity index (χ4n) is 6.84. The molecule has 0 bridgehead atoms. The SMILES string of the molecule is Cc1cc(C2C(c3ccccn3)NC(=S)N2c2ccc(N3CC(C)CC(C)C3)c(Cl)c2)c(C)n1-c1cc(Cl)ccc1O. The lowest BCUT2D eigenvalue weighted by Gasteiger charge is -2.37. The minimum absolute atomic E-state index is 0.162. The Bertz CT molecular complexity index is 1630. The van der Waals surface area contributed by atoms with Crippen LogP contribution in [0.1, 0.15) is 55.0 Å². The number of halogens is 2. The Balaban J connectivity index is 1.45. The Morgan fingerprint density at radius 2 is 1.71 bits per heavy atom. The maximum atomic E-state index is 10.8. The number of benzene rings is 2. The Kier molecular flexibility index (Phi) is 7.85. The van der Waals surface area contributed by atoms with Crippen LogP contribution in [0.25, 0.3) is 5.69 Å². The molecule has 4 unspecified atom stereocenters. The van der Waals surface area contributed by atoms with Crippen molar-refractivity contribution in [3.63, 3.8) is 0 Å². The predicted molar refractivity (Wildman–Crippen MR) is 176 cm³/mol. The molecule has 2 fully saturated rings. The van der Waals surface area contributed by atoms with E-state index < -0.39 is 0 Å². The van der Waals surface area contributed by atoms with Gasteiger partial charge in [0.25, 0.3) is 0 Å². The molecule has 0 saturated carbocycles. The molecule has 2 aromatic carbocycles. The third kappa shape index (κ3) is 5.23. The van der Waals surface area contributed by atoms with E-state index in [4.69, 9.17) is 40.4 Å². The number of pyridine rings is 1. The minimum atomic E-state index is -0.217. The average Bonchev–Trinajstić information content (AvgIpc) is 3.44. The summed E-state index contributed by atoms with van der Waals surface area (Å²) < 4.78 is 2.04. The van der Waals surface area contributed by atoms with Gasteiger partial charge in [-0.05, 0) is 104 Å². The maximum absolute atomic E-state index is 10.8. The van der Waals surface area contributed by atoms with E-state index in [2.05, 4.69) is 54.1 Å². The highest BCUT2D eigenvalue weighted by Gasteiger charge is 2.42. The quantitative estimate of drug-likeness (QED) is 0.220. The molecule has 2 aliphatic heterocycles. The molecule has 0 aliphatic carbocycles. The van der Waals surface area contributed by atoms with Crippen molar-refractivity contribution in [3.8, 4) is 11.4 Å². The number of hydrogen-bond acceptors (Lipinski definition) is 4. The molecule has 2 N–H and O–H groups in total. The summed E-state index contributed by atoms with van der Waals surface area (Å²) in [6.07, 6.45) is 3.04. The zero-order chi connectivity index (χ0) is 29.7. The number of phenolic OH excluding ortho intramolecular Hbond substituents is 1. The second-order valence-corrected chi connectivity index (χ2v) is 13.0. The first-order valence-electron chi connectivity index (χ1n) is 14.3. The number of piperidine rings is 1. The van der Waals surface area contributed by atoms with Crippen molar-refractivity contribution in [2.45, 2.75) is 46.2 Å². The lowest BCUT2D eigenvalue weighted by Crippen LogP contribution is -2.38. The molecule has 218 valence electrons. The van der Waals surface area contributed by atoms with Crippen molar-refractivity contribution in [2.24, 2.45) is 11.8 Å². The molecule has 4 atom stereocenters. The van der Waals surface area contributed by atoms with Crippen LogP contribution in [0.3, 0.4) is 0 Å². The molecule has 4 aromatic rings. The lowest BCUT2D eigenvalue weighted by atomic mass is 9.91. The van der Waals surface area contributed by atoms with Gasteiger partial charge < -0.3 is 24.8 Å². The van der Waals surface area contributed by atoms with Gasteiger partial charge in [0.05, 0.1) is 34.2 Å². The molecule has 42 heavy (non-hydrogen) atoms. The van der Waals surface area contributed by atoms with Crippen LogP contribution in [0, 0.1) is 25.7 Å². The number of nitrogens with one attached hydrogen (secondary N) is 1. The maximum Gasteiger partial charge on any atom is 0.174 e. The zero-order valence-electron chi connectivity index (χ0n) is 24.2. The summed E-state index contributed by atoms with van der Waals surface area (Å²) in [7, 11) is 0. The van der Waals surface area contributed by atoms with Crippen LogP contribution >= 0.6 is 35.4 Å². The summed E-state index contributed by atoms with van der Waals surface area (Å²) in [5, 5.41) is 16.2. The molecule has 6 nitrogen and oxygen atoms in total. The summed E-state index contributed by atoms with van der Waals surface area (Å²) >= 11 is 19.4. The average molecular weight is 621 g/mol. The zero-order valence-corrected chi connectivity index (χ0v) is 26.5. The first kappa shape index (κ1) is 28.8. The van der Waals surface area contributed by atoms with Crippen LogP contribution in [0.15, 0.2) is 66.9 Å². The van der Waals surface area contributed by atoms with Crippen LogP contribution in [-0.2, 0) is 0 Å². The molecule has 2 aliphatic rings. The van der Waals surface area contributed by atoms with Crippen LogP contribution in [0.4, 0.5) is 11.4 Å². The van der Waals surface area contributed by atoms with Gasteiger partial charge in [0, 0.05) is 41.4 Å². The number of thiocarbonyl (C=S) groups is 1. The van der Waals surface area contributed by atoms with Crippen molar-refractivity contribution in [3.05, 3.63) is 99.6 Å². The number of rotatable bonds is 5. The van der Waals surface area contributed by atoms with Crippen LogP contribution in [0.2, 0.25) is 10.0 Å². The highest BCUT2D eigenvalue weighted by Crippen LogP contribution is 2.45. The first-order valence-corrected chi connectivity index (χ1v) is 15.5. The van der Waals surface area contributed by atoms with Gasteiger partial charge in [-0.25, -0.2) is 0 Å². The van der Waals surface area contributed by atoms with Crippen molar-refractivity contribution < 1.29 is 5.11 Å². The van der Waals surface area contributed by atoms with Crippen molar-refractivity contribution in [2.75, 3.05) is 22.9 Å². The monoisotopic (exact) mass is 619 g/mol. The molecule has 2 aromatic heterocycles. The fourth-order valence-corrected chi connectivity index (χ4v) is 7.65. The summed E-state index contributed by atoms with van der Waals surface area (Å²) in [4.78, 5) is 9.26. The number of aryl methyl sites for hydroxylation is 1. The van der Waals surface area contributed by atoms with E-state index in [-0.39, 0.29) is 17.8 Å². The summed E-state index contributed by atoms with van der Waals surface area (Å²) in [5.74, 6) is 1.41. The van der Waals surface area contributed by atoms with E-state index in [1.165, 1.54) is 6.42 Å². The molecule has 4 heterocycles. The number of anilines is 2. The standard InChI is InChI=1S/C33H35Cl2N5OS/c1-19-13-20(2)18-38(17-19)28-10-9-24(16-26(28)35)40-32(31(37-33(40)42)27-7-5-6-12-36-27)25-14-21(3)39(22(25)4)29-15-23(34)8-11-30(29)41/h5-12,14-16,19-20,31-32,41H,13,17-18H2,1-4H3,(H,37,42). The van der Waals surface area contributed by atoms with E-state index in [9.17, 15) is 5.11 Å². The van der Waals surface area contributed by atoms with E-state index in [0.29, 0.717) is 32.7 Å². The Morgan fingerprint density at radius 1 is 0.952 bits per heavy atom. The molecule has 0 amide bonds. The number of aromatic nitrogens is 2. The predicted octanol–water partition coefficient (Wildman–Crippen LogP) is 8.16. The van der Waals surface area contributed by atoms with Gasteiger partial charge in [0.15, 0.2) is 5.11 Å². The molecule has 0 spiro atoms. The largest absolute Gasteiger partial charge is 0.506 e. The van der Waals surface area contributed by atoms with Gasteiger partial charge in [-0.3, -0.25) is 4.98 Å². The Hall–Kier alpha value is -3.26. The van der Waals surface area contributed by atoms with Gasteiger partial charge in [-0.1, -0.05) is 43.1 Å². The number of nitrogens with zero attached hydrogens (tertiary/aromatic N) is 4. The van der Waals surface area contributed by atoms with Crippen molar-refractivity contribution >= 4 is 51.9 Å². The second-order valence-electron chi connectivity index (χ2n) is 11.8. The normalized spacial score (nSPS) is 22.5. The summed E-state index contributed by atoms with van der Waals surface area (Å²) in [5.41, 5.74) is 6.51. The number of aromatic hydroxyl groups is 1. The Labute approximate surface area is 262 Å². The first-order chi connectivity index (χ1) is 20.1. The van der Waals surface area contributed by atoms with Gasteiger partial charge in [0.2, 0.25) is 0 Å². The van der Waals surface area contributed by atoms with E-state index >= 15 is 0 Å². The van der Waals surface area contributed by atoms with Gasteiger partial charge in [-0.2, -0.15) is 0 Å². The molecular formula is C33H35Cl2N5OS. The van der Waals surface area contributed by atoms with E-state index in [1.54, 1.807) is 24.4 Å². The third-order valence-electron chi connectivity index (χ3n) is 8.48. The smallest absolute Gasteiger partial charge is 0.174 e. The fraction of sp³-hybridized carbons (Fsp3) is 0.333. The van der Waals surface area contributed by atoms with Gasteiger partial charge in [-0.15, -0.1) is 0 Å². The number of phenols is 1. The van der Waals surface area contributed by atoms with Crippen LogP contribution < -0.4 is 15.1 Å². The van der Waals surface area contributed by atoms with Gasteiger partial charge in [0.1, 0.15) is 5.75 Å². The minimum Gasteiger partial charge on any atom is -0.506 e. The third-order valence-corrected chi connectivity index (χ3v) is 9.34. The molecular weight excluding hydrogens is 585 g/mol. The Morgan fingerprint density at radius 3 is 2.40 bits per heavy atom. The highest BCUT2D eigenvalue weighted by atomic mass is 35.5. The summed E-state index contributed by atoms with van der Waals surface area (Å²) in [6, 6.07) is 19.0. The molecule has 2 saturated heterocycles. The number of hydrogen-bond donors (Lipinski definition) is 2. The molecule has 9 heteroatoms. The van der Waals surface area contributed by atoms with Crippen LogP contribution in [-0.4, -0.2) is 32.9 Å². The second kappa shape index (κ2) is 11.4. The van der Waals surface area contributed by atoms with E-state index in [0.717, 1.165) is 47.1 Å².